The third kappa shape index (κ3) is 3.49. The van der Waals surface area contributed by atoms with Crippen LogP contribution in [-0.4, -0.2) is 12.2 Å². The van der Waals surface area contributed by atoms with Gasteiger partial charge in [-0.2, -0.15) is 0 Å². The minimum atomic E-state index is -0.407. The van der Waals surface area contributed by atoms with E-state index in [4.69, 9.17) is 4.74 Å². The molecular weight excluding hydrogens is 268 g/mol. The van der Waals surface area contributed by atoms with E-state index >= 15 is 0 Å². The van der Waals surface area contributed by atoms with Gasteiger partial charge in [0, 0.05) is 4.47 Å². The van der Waals surface area contributed by atoms with Gasteiger partial charge in [-0.25, -0.2) is 0 Å². The molecule has 2 nitrogen and oxygen atoms in total. The van der Waals surface area contributed by atoms with E-state index in [0.717, 1.165) is 28.6 Å². The van der Waals surface area contributed by atoms with Gasteiger partial charge in [0.15, 0.2) is 0 Å². The van der Waals surface area contributed by atoms with Crippen LogP contribution in [0.2, 0.25) is 0 Å². The largest absolute Gasteiger partial charge is 0.497 e. The lowest BCUT2D eigenvalue weighted by molar-refractivity contribution is 0.145. The quantitative estimate of drug-likeness (QED) is 0.889. The number of ether oxygens (including phenoxy) is 1. The molecule has 0 heterocycles. The monoisotopic (exact) mass is 286 g/mol. The van der Waals surface area contributed by atoms with Crippen molar-refractivity contribution in [2.45, 2.75) is 32.8 Å². The van der Waals surface area contributed by atoms with Gasteiger partial charge in [-0.3, -0.25) is 0 Å². The first-order valence-electron chi connectivity index (χ1n) is 5.60. The Morgan fingerprint density at radius 2 is 2.12 bits per heavy atom. The van der Waals surface area contributed by atoms with Crippen LogP contribution in [0.1, 0.15) is 38.4 Å². The van der Waals surface area contributed by atoms with Crippen molar-refractivity contribution in [2.75, 3.05) is 7.11 Å². The summed E-state index contributed by atoms with van der Waals surface area (Å²) in [6.07, 6.45) is 1.47. The predicted molar refractivity (Wildman–Crippen MR) is 69.7 cm³/mol. The van der Waals surface area contributed by atoms with E-state index in [9.17, 15) is 5.11 Å². The first-order chi connectivity index (χ1) is 7.58. The molecule has 0 aromatic heterocycles. The zero-order chi connectivity index (χ0) is 12.1. The minimum absolute atomic E-state index is 0.407. The Hall–Kier alpha value is -0.540. The van der Waals surface area contributed by atoms with Crippen molar-refractivity contribution in [1.29, 1.82) is 0 Å². The van der Waals surface area contributed by atoms with E-state index in [0.29, 0.717) is 5.92 Å². The Balaban J connectivity index is 2.79. The second-order valence-electron chi connectivity index (χ2n) is 4.15. The molecule has 0 spiro atoms. The number of methoxy groups -OCH3 is 1. The van der Waals surface area contributed by atoms with Crippen molar-refractivity contribution in [2.24, 2.45) is 5.92 Å². The van der Waals surface area contributed by atoms with Gasteiger partial charge in [0.05, 0.1) is 13.2 Å². The summed E-state index contributed by atoms with van der Waals surface area (Å²) in [5, 5.41) is 10.1. The van der Waals surface area contributed by atoms with Crippen molar-refractivity contribution >= 4 is 15.9 Å². The molecule has 0 aliphatic heterocycles. The van der Waals surface area contributed by atoms with Crippen LogP contribution in [0.25, 0.3) is 0 Å². The highest BCUT2D eigenvalue weighted by molar-refractivity contribution is 9.10. The van der Waals surface area contributed by atoms with Gasteiger partial charge in [0.25, 0.3) is 0 Å². The number of aliphatic hydroxyl groups excluding tert-OH is 1. The molecule has 0 bridgehead atoms. The van der Waals surface area contributed by atoms with Crippen LogP contribution in [0.4, 0.5) is 0 Å². The van der Waals surface area contributed by atoms with Crippen molar-refractivity contribution in [3.05, 3.63) is 28.2 Å². The molecular formula is C13H19BrO2. The summed E-state index contributed by atoms with van der Waals surface area (Å²) < 4.78 is 6.03. The van der Waals surface area contributed by atoms with Crippen LogP contribution in [0.3, 0.4) is 0 Å². The molecule has 2 unspecified atom stereocenters. The summed E-state index contributed by atoms with van der Waals surface area (Å²) in [7, 11) is 1.64. The van der Waals surface area contributed by atoms with Gasteiger partial charge >= 0.3 is 0 Å². The molecule has 0 saturated heterocycles. The maximum Gasteiger partial charge on any atom is 0.120 e. The van der Waals surface area contributed by atoms with Gasteiger partial charge in [-0.1, -0.05) is 42.3 Å². The second kappa shape index (κ2) is 6.26. The summed E-state index contributed by atoms with van der Waals surface area (Å²) in [6, 6.07) is 5.67. The summed E-state index contributed by atoms with van der Waals surface area (Å²) in [5.41, 5.74) is 0.932. The maximum absolute atomic E-state index is 10.1. The third-order valence-electron chi connectivity index (χ3n) is 2.89. The lowest BCUT2D eigenvalue weighted by atomic mass is 9.96. The fraction of sp³-hybridized carbons (Fsp3) is 0.538. The molecule has 1 aromatic carbocycles. The SMILES string of the molecule is CCC(C)CC(O)c1ccc(OC)cc1Br. The predicted octanol–water partition coefficient (Wildman–Crippen LogP) is 3.93. The molecule has 16 heavy (non-hydrogen) atoms. The highest BCUT2D eigenvalue weighted by atomic mass is 79.9. The number of hydrogen-bond acceptors (Lipinski definition) is 2. The van der Waals surface area contributed by atoms with Gasteiger partial charge < -0.3 is 9.84 Å². The van der Waals surface area contributed by atoms with Crippen molar-refractivity contribution in [3.63, 3.8) is 0 Å². The molecule has 3 heteroatoms. The molecule has 0 radical (unpaired) electrons. The van der Waals surface area contributed by atoms with E-state index in [1.54, 1.807) is 7.11 Å². The van der Waals surface area contributed by atoms with E-state index in [1.807, 2.05) is 18.2 Å². The molecule has 2 atom stereocenters. The Morgan fingerprint density at radius 3 is 2.62 bits per heavy atom. The van der Waals surface area contributed by atoms with Gasteiger partial charge in [0.2, 0.25) is 0 Å². The first kappa shape index (κ1) is 13.5. The molecule has 1 aromatic rings. The number of aliphatic hydroxyl groups is 1. The van der Waals surface area contributed by atoms with Gasteiger partial charge in [-0.05, 0) is 30.0 Å². The number of benzene rings is 1. The average Bonchev–Trinajstić information content (AvgIpc) is 2.28. The zero-order valence-corrected chi connectivity index (χ0v) is 11.6. The second-order valence-corrected chi connectivity index (χ2v) is 5.01. The summed E-state index contributed by atoms with van der Waals surface area (Å²) >= 11 is 3.46. The maximum atomic E-state index is 10.1. The van der Waals surface area contributed by atoms with Crippen molar-refractivity contribution < 1.29 is 9.84 Å². The molecule has 0 fully saturated rings. The fourth-order valence-corrected chi connectivity index (χ4v) is 2.20. The summed E-state index contributed by atoms with van der Waals surface area (Å²) in [6.45, 7) is 4.29. The van der Waals surface area contributed by atoms with Crippen LogP contribution in [0, 0.1) is 5.92 Å². The molecule has 0 amide bonds. The van der Waals surface area contributed by atoms with Crippen LogP contribution in [0.5, 0.6) is 5.75 Å². The highest BCUT2D eigenvalue weighted by Crippen LogP contribution is 2.31. The van der Waals surface area contributed by atoms with Gasteiger partial charge in [0.1, 0.15) is 5.75 Å². The normalized spacial score (nSPS) is 14.6. The molecule has 90 valence electrons. The first-order valence-corrected chi connectivity index (χ1v) is 6.39. The van der Waals surface area contributed by atoms with Crippen LogP contribution in [-0.2, 0) is 0 Å². The molecule has 0 aliphatic rings. The van der Waals surface area contributed by atoms with Gasteiger partial charge in [-0.15, -0.1) is 0 Å². The average molecular weight is 287 g/mol. The van der Waals surface area contributed by atoms with Crippen molar-refractivity contribution in [3.8, 4) is 5.75 Å². The lowest BCUT2D eigenvalue weighted by Gasteiger charge is -2.17. The highest BCUT2D eigenvalue weighted by Gasteiger charge is 2.14. The molecule has 0 aliphatic carbocycles. The standard InChI is InChI=1S/C13H19BrO2/c1-4-9(2)7-13(15)11-6-5-10(16-3)8-12(11)14/h5-6,8-9,13,15H,4,7H2,1-3H3. The molecule has 1 N–H and O–H groups in total. The van der Waals surface area contributed by atoms with Crippen LogP contribution < -0.4 is 4.74 Å². The Labute approximate surface area is 106 Å². The Morgan fingerprint density at radius 1 is 1.44 bits per heavy atom. The number of rotatable bonds is 5. The van der Waals surface area contributed by atoms with E-state index < -0.39 is 6.10 Å². The zero-order valence-electron chi connectivity index (χ0n) is 10.0. The van der Waals surface area contributed by atoms with E-state index in [2.05, 4.69) is 29.8 Å². The summed E-state index contributed by atoms with van der Waals surface area (Å²) in [4.78, 5) is 0. The number of halogens is 1. The molecule has 0 saturated carbocycles. The van der Waals surface area contributed by atoms with Crippen LogP contribution >= 0.6 is 15.9 Å². The lowest BCUT2D eigenvalue weighted by Crippen LogP contribution is -2.04. The van der Waals surface area contributed by atoms with Crippen LogP contribution in [0.15, 0.2) is 22.7 Å². The Bertz CT molecular complexity index is 339. The fourth-order valence-electron chi connectivity index (χ4n) is 1.58. The Kier molecular flexibility index (Phi) is 5.29. The van der Waals surface area contributed by atoms with E-state index in [1.165, 1.54) is 0 Å². The summed E-state index contributed by atoms with van der Waals surface area (Å²) in [5.74, 6) is 1.33. The van der Waals surface area contributed by atoms with Crippen molar-refractivity contribution in [1.82, 2.24) is 0 Å². The topological polar surface area (TPSA) is 29.5 Å². The third-order valence-corrected chi connectivity index (χ3v) is 3.58. The molecule has 1 rings (SSSR count). The van der Waals surface area contributed by atoms with E-state index in [-0.39, 0.29) is 0 Å². The smallest absolute Gasteiger partial charge is 0.120 e. The number of hydrogen-bond donors (Lipinski definition) is 1. The minimum Gasteiger partial charge on any atom is -0.497 e.